The molecule has 2 aromatic rings. The normalized spacial score (nSPS) is 17.7. The van der Waals surface area contributed by atoms with Crippen LogP contribution in [0.25, 0.3) is 0 Å². The molecule has 2 fully saturated rings. The molecular weight excluding hydrogens is 441 g/mol. The maximum atomic E-state index is 13.0. The second-order valence-electron chi connectivity index (χ2n) is 7.76. The van der Waals surface area contributed by atoms with Crippen LogP contribution in [0.15, 0.2) is 41.0 Å². The van der Waals surface area contributed by atoms with Gasteiger partial charge in [0.2, 0.25) is 5.91 Å². The maximum Gasteiger partial charge on any atom is 0.289 e. The van der Waals surface area contributed by atoms with E-state index >= 15 is 0 Å². The van der Waals surface area contributed by atoms with Gasteiger partial charge in [0, 0.05) is 45.2 Å². The summed E-state index contributed by atoms with van der Waals surface area (Å²) in [6.45, 7) is 2.92. The molecule has 0 saturated carbocycles. The van der Waals surface area contributed by atoms with Crippen LogP contribution in [0.5, 0.6) is 0 Å². The fraction of sp³-hybridized carbons (Fsp3) is 0.409. The zero-order valence-electron chi connectivity index (χ0n) is 16.9. The minimum atomic E-state index is -0.177. The van der Waals surface area contributed by atoms with Crippen molar-refractivity contribution in [3.63, 3.8) is 0 Å². The van der Waals surface area contributed by atoms with Crippen molar-refractivity contribution in [2.24, 2.45) is 5.92 Å². The van der Waals surface area contributed by atoms with Crippen molar-refractivity contribution in [3.05, 3.63) is 58.0 Å². The van der Waals surface area contributed by atoms with Crippen LogP contribution in [0.2, 0.25) is 10.0 Å². The van der Waals surface area contributed by atoms with Gasteiger partial charge in [0.05, 0.1) is 21.9 Å². The molecule has 1 aromatic carbocycles. The van der Waals surface area contributed by atoms with Gasteiger partial charge in [-0.1, -0.05) is 29.3 Å². The van der Waals surface area contributed by atoms with Crippen LogP contribution in [0, 0.1) is 5.92 Å². The second kappa shape index (κ2) is 9.32. The van der Waals surface area contributed by atoms with Crippen LogP contribution in [0.1, 0.15) is 33.8 Å². The summed E-state index contributed by atoms with van der Waals surface area (Å²) in [4.78, 5) is 43.4. The molecule has 2 saturated heterocycles. The minimum absolute atomic E-state index is 0.0954. The summed E-state index contributed by atoms with van der Waals surface area (Å²) in [5, 5.41) is 0.599. The van der Waals surface area contributed by atoms with Crippen LogP contribution in [0.3, 0.4) is 0 Å². The third kappa shape index (κ3) is 4.57. The number of nitrogens with zero attached hydrogens (tertiary/aromatic N) is 3. The Hall–Kier alpha value is -2.51. The first kappa shape index (κ1) is 21.7. The number of likely N-dealkylation sites (tertiary alicyclic amines) is 1. The predicted octanol–water partition coefficient (Wildman–Crippen LogP) is 3.42. The number of rotatable bonds is 3. The van der Waals surface area contributed by atoms with Gasteiger partial charge in [0.25, 0.3) is 11.8 Å². The van der Waals surface area contributed by atoms with Crippen LogP contribution in [-0.2, 0) is 4.79 Å². The lowest BCUT2D eigenvalue weighted by atomic mass is 9.94. The number of carbonyl (C=O) groups is 3. The smallest absolute Gasteiger partial charge is 0.289 e. The zero-order valence-corrected chi connectivity index (χ0v) is 18.4. The number of piperazine rings is 1. The molecule has 2 aliphatic rings. The number of benzene rings is 1. The van der Waals surface area contributed by atoms with Gasteiger partial charge in [0.15, 0.2) is 5.76 Å². The van der Waals surface area contributed by atoms with Crippen molar-refractivity contribution in [1.82, 2.24) is 14.7 Å². The monoisotopic (exact) mass is 463 g/mol. The first-order valence-corrected chi connectivity index (χ1v) is 11.1. The predicted molar refractivity (Wildman–Crippen MR) is 116 cm³/mol. The topological polar surface area (TPSA) is 74.1 Å². The van der Waals surface area contributed by atoms with E-state index < -0.39 is 0 Å². The summed E-state index contributed by atoms with van der Waals surface area (Å²) < 4.78 is 5.18. The van der Waals surface area contributed by atoms with Gasteiger partial charge in [-0.2, -0.15) is 0 Å². The third-order valence-corrected chi connectivity index (χ3v) is 6.74. The zero-order chi connectivity index (χ0) is 22.0. The van der Waals surface area contributed by atoms with E-state index in [0.29, 0.717) is 68.5 Å². The lowest BCUT2D eigenvalue weighted by Gasteiger charge is -2.38. The number of halogens is 2. The molecule has 3 amide bonds. The van der Waals surface area contributed by atoms with Crippen molar-refractivity contribution in [2.75, 3.05) is 39.3 Å². The van der Waals surface area contributed by atoms with Crippen molar-refractivity contribution < 1.29 is 18.8 Å². The Morgan fingerprint density at radius 3 is 2.10 bits per heavy atom. The van der Waals surface area contributed by atoms with E-state index in [-0.39, 0.29) is 28.7 Å². The van der Waals surface area contributed by atoms with Gasteiger partial charge in [-0.25, -0.2) is 0 Å². The fourth-order valence-electron chi connectivity index (χ4n) is 4.11. The highest BCUT2D eigenvalue weighted by Crippen LogP contribution is 2.27. The molecule has 0 unspecified atom stereocenters. The largest absolute Gasteiger partial charge is 0.459 e. The molecule has 31 heavy (non-hydrogen) atoms. The van der Waals surface area contributed by atoms with E-state index in [1.807, 2.05) is 4.90 Å². The molecule has 0 atom stereocenters. The standard InChI is InChI=1S/C22H23Cl2N3O4/c23-17-4-1-3-16(19(17)24)21(29)27-12-10-26(11-13-27)20(28)15-6-8-25(9-7-15)22(30)18-5-2-14-31-18/h1-5,14-15H,6-13H2. The Labute approximate surface area is 190 Å². The highest BCUT2D eigenvalue weighted by molar-refractivity contribution is 6.43. The lowest BCUT2D eigenvalue weighted by Crippen LogP contribution is -2.53. The molecule has 9 heteroatoms. The number of piperidine rings is 1. The van der Waals surface area contributed by atoms with Gasteiger partial charge < -0.3 is 19.1 Å². The number of furan rings is 1. The lowest BCUT2D eigenvalue weighted by molar-refractivity contribution is -0.138. The fourth-order valence-corrected chi connectivity index (χ4v) is 4.49. The van der Waals surface area contributed by atoms with Crippen molar-refractivity contribution in [3.8, 4) is 0 Å². The quantitative estimate of drug-likeness (QED) is 0.698. The highest BCUT2D eigenvalue weighted by Gasteiger charge is 2.33. The van der Waals surface area contributed by atoms with Crippen molar-refractivity contribution >= 4 is 40.9 Å². The Kier molecular flexibility index (Phi) is 6.53. The molecule has 1 aromatic heterocycles. The average molecular weight is 464 g/mol. The molecule has 2 aliphatic heterocycles. The molecule has 7 nitrogen and oxygen atoms in total. The van der Waals surface area contributed by atoms with E-state index in [1.165, 1.54) is 6.26 Å². The summed E-state index contributed by atoms with van der Waals surface area (Å²) in [7, 11) is 0. The van der Waals surface area contributed by atoms with Crippen LogP contribution >= 0.6 is 23.2 Å². The first-order valence-electron chi connectivity index (χ1n) is 10.3. The Morgan fingerprint density at radius 1 is 0.806 bits per heavy atom. The summed E-state index contributed by atoms with van der Waals surface area (Å²) in [6, 6.07) is 8.34. The molecule has 0 bridgehead atoms. The van der Waals surface area contributed by atoms with Crippen LogP contribution in [-0.4, -0.2) is 71.7 Å². The molecule has 3 heterocycles. The maximum absolute atomic E-state index is 13.0. The van der Waals surface area contributed by atoms with E-state index in [4.69, 9.17) is 27.6 Å². The molecule has 164 valence electrons. The third-order valence-electron chi connectivity index (χ3n) is 5.92. The first-order chi connectivity index (χ1) is 15.0. The molecule has 0 N–H and O–H groups in total. The van der Waals surface area contributed by atoms with E-state index in [9.17, 15) is 14.4 Å². The number of hydrogen-bond donors (Lipinski definition) is 0. The van der Waals surface area contributed by atoms with E-state index in [1.54, 1.807) is 40.1 Å². The van der Waals surface area contributed by atoms with Gasteiger partial charge in [-0.3, -0.25) is 14.4 Å². The number of hydrogen-bond acceptors (Lipinski definition) is 4. The van der Waals surface area contributed by atoms with Crippen molar-refractivity contribution in [2.45, 2.75) is 12.8 Å². The van der Waals surface area contributed by atoms with Gasteiger partial charge in [-0.15, -0.1) is 0 Å². The highest BCUT2D eigenvalue weighted by atomic mass is 35.5. The Balaban J connectivity index is 1.28. The Morgan fingerprint density at radius 2 is 1.45 bits per heavy atom. The molecule has 0 radical (unpaired) electrons. The van der Waals surface area contributed by atoms with Gasteiger partial charge in [0.1, 0.15) is 0 Å². The summed E-state index contributed by atoms with van der Waals surface area (Å²) in [6.07, 6.45) is 2.74. The molecule has 0 spiro atoms. The molecule has 4 rings (SSSR count). The van der Waals surface area contributed by atoms with Gasteiger partial charge in [-0.05, 0) is 37.1 Å². The van der Waals surface area contributed by atoms with Crippen LogP contribution in [0.4, 0.5) is 0 Å². The summed E-state index contributed by atoms with van der Waals surface area (Å²) in [5.41, 5.74) is 0.377. The van der Waals surface area contributed by atoms with Crippen molar-refractivity contribution in [1.29, 1.82) is 0 Å². The Bertz CT molecular complexity index is 963. The number of amides is 3. The SMILES string of the molecule is O=C(c1ccco1)N1CCC(C(=O)N2CCN(C(=O)c3cccc(Cl)c3Cl)CC2)CC1. The summed E-state index contributed by atoms with van der Waals surface area (Å²) in [5.74, 6) is 0.000631. The summed E-state index contributed by atoms with van der Waals surface area (Å²) >= 11 is 12.2. The van der Waals surface area contributed by atoms with E-state index in [2.05, 4.69) is 0 Å². The second-order valence-corrected chi connectivity index (χ2v) is 8.55. The number of carbonyl (C=O) groups excluding carboxylic acids is 3. The molecular formula is C22H23Cl2N3O4. The minimum Gasteiger partial charge on any atom is -0.459 e. The van der Waals surface area contributed by atoms with Gasteiger partial charge >= 0.3 is 0 Å². The van der Waals surface area contributed by atoms with E-state index in [0.717, 1.165) is 0 Å². The average Bonchev–Trinajstić information content (AvgIpc) is 3.35. The molecule has 0 aliphatic carbocycles. The van der Waals surface area contributed by atoms with Crippen LogP contribution < -0.4 is 0 Å².